The van der Waals surface area contributed by atoms with Crippen molar-refractivity contribution < 1.29 is 0 Å². The molecule has 0 saturated carbocycles. The third kappa shape index (κ3) is 3.87. The number of piperazine rings is 1. The highest BCUT2D eigenvalue weighted by Gasteiger charge is 2.21. The van der Waals surface area contributed by atoms with E-state index in [1.807, 2.05) is 12.1 Å². The number of nitrogens with two attached hydrogens (primary N) is 1. The van der Waals surface area contributed by atoms with Gasteiger partial charge in [-0.05, 0) is 38.1 Å². The predicted octanol–water partition coefficient (Wildman–Crippen LogP) is 2.20. The van der Waals surface area contributed by atoms with Crippen LogP contribution in [0.3, 0.4) is 0 Å². The summed E-state index contributed by atoms with van der Waals surface area (Å²) < 4.78 is 0. The molecular formula is C14H22ClN3. The maximum absolute atomic E-state index is 6.06. The van der Waals surface area contributed by atoms with Gasteiger partial charge < -0.3 is 10.6 Å². The van der Waals surface area contributed by atoms with Crippen LogP contribution < -0.4 is 10.6 Å². The lowest BCUT2D eigenvalue weighted by Gasteiger charge is -2.38. The zero-order chi connectivity index (χ0) is 13.2. The first-order chi connectivity index (χ1) is 8.44. The topological polar surface area (TPSA) is 32.5 Å². The predicted molar refractivity (Wildman–Crippen MR) is 78.4 cm³/mol. The first kappa shape index (κ1) is 13.7. The fourth-order valence-electron chi connectivity index (χ4n) is 2.39. The molecule has 1 aromatic rings. The summed E-state index contributed by atoms with van der Waals surface area (Å²) in [6, 6.07) is 8.08. The van der Waals surface area contributed by atoms with Gasteiger partial charge in [0.2, 0.25) is 0 Å². The van der Waals surface area contributed by atoms with Crippen molar-refractivity contribution in [3.8, 4) is 0 Å². The van der Waals surface area contributed by atoms with Gasteiger partial charge in [-0.25, -0.2) is 0 Å². The molecular weight excluding hydrogens is 246 g/mol. The minimum Gasteiger partial charge on any atom is -0.369 e. The standard InChI is InChI=1S/C14H22ClN3/c1-14(2,16)11-17-7-9-18(10-8-17)13-5-3-12(15)4-6-13/h3-6H,7-11,16H2,1-2H3. The lowest BCUT2D eigenvalue weighted by atomic mass is 10.1. The van der Waals surface area contributed by atoms with Crippen molar-refractivity contribution in [3.05, 3.63) is 29.3 Å². The Bertz CT molecular complexity index is 375. The van der Waals surface area contributed by atoms with Crippen LogP contribution in [-0.2, 0) is 0 Å². The Hall–Kier alpha value is -0.770. The summed E-state index contributed by atoms with van der Waals surface area (Å²) in [5.74, 6) is 0. The lowest BCUT2D eigenvalue weighted by Crippen LogP contribution is -2.53. The summed E-state index contributed by atoms with van der Waals surface area (Å²) in [5.41, 5.74) is 7.21. The first-order valence-electron chi connectivity index (χ1n) is 6.46. The maximum Gasteiger partial charge on any atom is 0.0407 e. The van der Waals surface area contributed by atoms with Crippen LogP contribution in [-0.4, -0.2) is 43.2 Å². The largest absolute Gasteiger partial charge is 0.369 e. The Morgan fingerprint density at radius 1 is 1.11 bits per heavy atom. The van der Waals surface area contributed by atoms with Crippen molar-refractivity contribution in [2.75, 3.05) is 37.6 Å². The van der Waals surface area contributed by atoms with E-state index in [0.717, 1.165) is 37.7 Å². The van der Waals surface area contributed by atoms with Crippen LogP contribution in [0.2, 0.25) is 5.02 Å². The fourth-order valence-corrected chi connectivity index (χ4v) is 2.52. The Morgan fingerprint density at radius 3 is 2.17 bits per heavy atom. The molecule has 0 bridgehead atoms. The molecule has 100 valence electrons. The van der Waals surface area contributed by atoms with Crippen LogP contribution in [0.4, 0.5) is 5.69 Å². The number of halogens is 1. The van der Waals surface area contributed by atoms with Gasteiger partial charge in [-0.15, -0.1) is 0 Å². The number of rotatable bonds is 3. The first-order valence-corrected chi connectivity index (χ1v) is 6.84. The number of hydrogen-bond donors (Lipinski definition) is 1. The SMILES string of the molecule is CC(C)(N)CN1CCN(c2ccc(Cl)cc2)CC1. The van der Waals surface area contributed by atoms with Crippen molar-refractivity contribution >= 4 is 17.3 Å². The molecule has 0 atom stereocenters. The number of nitrogens with zero attached hydrogens (tertiary/aromatic N) is 2. The summed E-state index contributed by atoms with van der Waals surface area (Å²) in [4.78, 5) is 4.84. The molecule has 1 heterocycles. The minimum absolute atomic E-state index is 0.109. The normalized spacial score (nSPS) is 18.1. The summed E-state index contributed by atoms with van der Waals surface area (Å²) in [7, 11) is 0. The third-order valence-electron chi connectivity index (χ3n) is 3.20. The van der Waals surface area contributed by atoms with E-state index in [9.17, 15) is 0 Å². The molecule has 0 amide bonds. The van der Waals surface area contributed by atoms with Gasteiger partial charge in [0.15, 0.2) is 0 Å². The van der Waals surface area contributed by atoms with E-state index in [1.54, 1.807) is 0 Å². The quantitative estimate of drug-likeness (QED) is 0.911. The van der Waals surface area contributed by atoms with Crippen molar-refractivity contribution in [3.63, 3.8) is 0 Å². The zero-order valence-electron chi connectivity index (χ0n) is 11.2. The van der Waals surface area contributed by atoms with Crippen molar-refractivity contribution in [1.29, 1.82) is 0 Å². The smallest absolute Gasteiger partial charge is 0.0407 e. The molecule has 2 rings (SSSR count). The summed E-state index contributed by atoms with van der Waals surface area (Å²) in [6.45, 7) is 9.38. The molecule has 1 saturated heterocycles. The van der Waals surface area contributed by atoms with E-state index < -0.39 is 0 Å². The van der Waals surface area contributed by atoms with E-state index in [2.05, 4.69) is 35.8 Å². The van der Waals surface area contributed by atoms with Gasteiger partial charge in [0.1, 0.15) is 0 Å². The highest BCUT2D eigenvalue weighted by atomic mass is 35.5. The summed E-state index contributed by atoms with van der Waals surface area (Å²) in [5, 5.41) is 0.794. The molecule has 3 nitrogen and oxygen atoms in total. The van der Waals surface area contributed by atoms with Gasteiger partial charge in [-0.2, -0.15) is 0 Å². The second kappa shape index (κ2) is 5.47. The fraction of sp³-hybridized carbons (Fsp3) is 0.571. The van der Waals surface area contributed by atoms with Gasteiger partial charge in [-0.1, -0.05) is 11.6 Å². The van der Waals surface area contributed by atoms with E-state index in [0.29, 0.717) is 0 Å². The lowest BCUT2D eigenvalue weighted by molar-refractivity contribution is 0.214. The van der Waals surface area contributed by atoms with Crippen LogP contribution in [0.5, 0.6) is 0 Å². The average Bonchev–Trinajstić information content (AvgIpc) is 2.29. The molecule has 1 aliphatic rings. The second-order valence-corrected chi connectivity index (χ2v) is 6.16. The van der Waals surface area contributed by atoms with Gasteiger partial charge in [0.25, 0.3) is 0 Å². The van der Waals surface area contributed by atoms with Crippen molar-refractivity contribution in [2.45, 2.75) is 19.4 Å². The van der Waals surface area contributed by atoms with Crippen LogP contribution in [0.15, 0.2) is 24.3 Å². The number of benzene rings is 1. The molecule has 0 radical (unpaired) electrons. The number of anilines is 1. The molecule has 0 aliphatic carbocycles. The molecule has 18 heavy (non-hydrogen) atoms. The maximum atomic E-state index is 6.06. The molecule has 0 unspecified atom stereocenters. The van der Waals surface area contributed by atoms with E-state index >= 15 is 0 Å². The molecule has 2 N–H and O–H groups in total. The van der Waals surface area contributed by atoms with Crippen LogP contribution >= 0.6 is 11.6 Å². The molecule has 1 aromatic carbocycles. The highest BCUT2D eigenvalue weighted by Crippen LogP contribution is 2.19. The van der Waals surface area contributed by atoms with Gasteiger partial charge in [0, 0.05) is 49.0 Å². The Kier molecular flexibility index (Phi) is 4.15. The summed E-state index contributed by atoms with van der Waals surface area (Å²) >= 11 is 5.91. The Labute approximate surface area is 115 Å². The zero-order valence-corrected chi connectivity index (χ0v) is 12.0. The highest BCUT2D eigenvalue weighted by molar-refractivity contribution is 6.30. The van der Waals surface area contributed by atoms with Crippen LogP contribution in [0.25, 0.3) is 0 Å². The van der Waals surface area contributed by atoms with Crippen molar-refractivity contribution in [1.82, 2.24) is 4.90 Å². The molecule has 1 aliphatic heterocycles. The van der Waals surface area contributed by atoms with Crippen LogP contribution in [0, 0.1) is 0 Å². The van der Waals surface area contributed by atoms with E-state index in [1.165, 1.54) is 5.69 Å². The third-order valence-corrected chi connectivity index (χ3v) is 3.45. The Morgan fingerprint density at radius 2 is 1.67 bits per heavy atom. The molecule has 0 spiro atoms. The van der Waals surface area contributed by atoms with E-state index in [4.69, 9.17) is 17.3 Å². The van der Waals surface area contributed by atoms with Gasteiger partial charge >= 0.3 is 0 Å². The van der Waals surface area contributed by atoms with Crippen LogP contribution in [0.1, 0.15) is 13.8 Å². The van der Waals surface area contributed by atoms with E-state index in [-0.39, 0.29) is 5.54 Å². The number of hydrogen-bond acceptors (Lipinski definition) is 3. The van der Waals surface area contributed by atoms with Crippen molar-refractivity contribution in [2.24, 2.45) is 5.73 Å². The second-order valence-electron chi connectivity index (χ2n) is 5.73. The average molecular weight is 268 g/mol. The van der Waals surface area contributed by atoms with Gasteiger partial charge in [-0.3, -0.25) is 4.90 Å². The minimum atomic E-state index is -0.109. The molecule has 1 fully saturated rings. The summed E-state index contributed by atoms with van der Waals surface area (Å²) in [6.07, 6.45) is 0. The van der Waals surface area contributed by atoms with Gasteiger partial charge in [0.05, 0.1) is 0 Å². The Balaban J connectivity index is 1.88. The molecule has 0 aromatic heterocycles. The molecule has 4 heteroatoms. The monoisotopic (exact) mass is 267 g/mol.